The van der Waals surface area contributed by atoms with Crippen molar-refractivity contribution in [3.05, 3.63) is 65.7 Å². The molecule has 27 heavy (non-hydrogen) atoms. The predicted octanol–water partition coefficient (Wildman–Crippen LogP) is 4.84. The Balaban J connectivity index is 1.62. The molecule has 1 aliphatic rings. The maximum Gasteiger partial charge on any atom is 0.227 e. The summed E-state index contributed by atoms with van der Waals surface area (Å²) in [6, 6.07) is 19.3. The fourth-order valence-corrected chi connectivity index (χ4v) is 4.04. The molecule has 0 N–H and O–H groups in total. The van der Waals surface area contributed by atoms with Gasteiger partial charge in [0.15, 0.2) is 0 Å². The normalized spacial score (nSPS) is 15.6. The number of benzene rings is 2. The molecule has 2 aromatic carbocycles. The van der Waals surface area contributed by atoms with Crippen LogP contribution in [0.5, 0.6) is 0 Å². The Kier molecular flexibility index (Phi) is 7.05. The van der Waals surface area contributed by atoms with E-state index in [-0.39, 0.29) is 5.91 Å². The maximum absolute atomic E-state index is 12.9. The molecule has 1 fully saturated rings. The standard InChI is InChI=1S/C24H32N2O/c1-3-9-24(27)26(23-13-8-7-10-20(23)2)22-15-18-25(19-16-22)17-14-21-11-5-4-6-12-21/h4-8,10-13,22H,3,9,14-19H2,1-2H3. The van der Waals surface area contributed by atoms with E-state index >= 15 is 0 Å². The molecular weight excluding hydrogens is 332 g/mol. The molecular formula is C24H32N2O. The lowest BCUT2D eigenvalue weighted by Crippen LogP contribution is -2.48. The molecule has 0 bridgehead atoms. The SMILES string of the molecule is CCCC(=O)N(c1ccccc1C)C1CCN(CCc2ccccc2)CC1. The van der Waals surface area contributed by atoms with Gasteiger partial charge in [0.1, 0.15) is 0 Å². The zero-order chi connectivity index (χ0) is 19.1. The molecule has 0 spiro atoms. The van der Waals surface area contributed by atoms with E-state index in [1.165, 1.54) is 11.1 Å². The Bertz CT molecular complexity index is 720. The van der Waals surface area contributed by atoms with Gasteiger partial charge in [-0.15, -0.1) is 0 Å². The van der Waals surface area contributed by atoms with E-state index in [0.29, 0.717) is 12.5 Å². The first-order chi connectivity index (χ1) is 13.2. The minimum atomic E-state index is 0.273. The van der Waals surface area contributed by atoms with Crippen LogP contribution in [0.2, 0.25) is 0 Å². The molecule has 3 rings (SSSR count). The third-order valence-electron chi connectivity index (χ3n) is 5.59. The van der Waals surface area contributed by atoms with E-state index in [0.717, 1.165) is 51.0 Å². The topological polar surface area (TPSA) is 23.6 Å². The van der Waals surface area contributed by atoms with E-state index in [1.54, 1.807) is 0 Å². The first kappa shape index (κ1) is 19.6. The summed E-state index contributed by atoms with van der Waals surface area (Å²) in [5, 5.41) is 0. The summed E-state index contributed by atoms with van der Waals surface area (Å²) < 4.78 is 0. The number of piperidine rings is 1. The van der Waals surface area contributed by atoms with Crippen LogP contribution in [0, 0.1) is 6.92 Å². The number of likely N-dealkylation sites (tertiary alicyclic amines) is 1. The second-order valence-electron chi connectivity index (χ2n) is 7.61. The highest BCUT2D eigenvalue weighted by Gasteiger charge is 2.29. The molecule has 0 radical (unpaired) electrons. The van der Waals surface area contributed by atoms with Crippen molar-refractivity contribution in [2.45, 2.75) is 52.0 Å². The number of amides is 1. The molecule has 3 heteroatoms. The molecule has 3 nitrogen and oxygen atoms in total. The number of hydrogen-bond acceptors (Lipinski definition) is 2. The molecule has 0 aromatic heterocycles. The summed E-state index contributed by atoms with van der Waals surface area (Å²) >= 11 is 0. The second-order valence-corrected chi connectivity index (χ2v) is 7.61. The molecule has 1 saturated heterocycles. The Morgan fingerprint density at radius 1 is 1.04 bits per heavy atom. The summed E-state index contributed by atoms with van der Waals surface area (Å²) in [5.41, 5.74) is 3.69. The van der Waals surface area contributed by atoms with Gasteiger partial charge < -0.3 is 9.80 Å². The molecule has 0 saturated carbocycles. The Morgan fingerprint density at radius 3 is 2.37 bits per heavy atom. The minimum absolute atomic E-state index is 0.273. The molecule has 1 amide bonds. The summed E-state index contributed by atoms with van der Waals surface area (Å²) in [6.45, 7) is 7.43. The zero-order valence-electron chi connectivity index (χ0n) is 16.7. The fraction of sp³-hybridized carbons (Fsp3) is 0.458. The van der Waals surface area contributed by atoms with Gasteiger partial charge in [0.2, 0.25) is 5.91 Å². The van der Waals surface area contributed by atoms with Crippen molar-refractivity contribution in [2.24, 2.45) is 0 Å². The summed E-state index contributed by atoms with van der Waals surface area (Å²) in [4.78, 5) is 17.5. The first-order valence-electron chi connectivity index (χ1n) is 10.3. The van der Waals surface area contributed by atoms with E-state index in [1.807, 2.05) is 12.1 Å². The highest BCUT2D eigenvalue weighted by Crippen LogP contribution is 2.27. The van der Waals surface area contributed by atoms with Crippen LogP contribution in [-0.4, -0.2) is 36.5 Å². The van der Waals surface area contributed by atoms with Crippen LogP contribution in [0.1, 0.15) is 43.7 Å². The Hall–Kier alpha value is -2.13. The minimum Gasteiger partial charge on any atom is -0.309 e. The van der Waals surface area contributed by atoms with E-state index < -0.39 is 0 Å². The van der Waals surface area contributed by atoms with Crippen molar-refractivity contribution in [1.82, 2.24) is 4.90 Å². The van der Waals surface area contributed by atoms with Gasteiger partial charge in [-0.1, -0.05) is 55.5 Å². The molecule has 2 aromatic rings. The summed E-state index contributed by atoms with van der Waals surface area (Å²) in [7, 11) is 0. The van der Waals surface area contributed by atoms with Gasteiger partial charge in [0.05, 0.1) is 0 Å². The van der Waals surface area contributed by atoms with Crippen LogP contribution in [0.3, 0.4) is 0 Å². The second kappa shape index (κ2) is 9.70. The monoisotopic (exact) mass is 364 g/mol. The summed E-state index contributed by atoms with van der Waals surface area (Å²) in [5.74, 6) is 0.273. The lowest BCUT2D eigenvalue weighted by atomic mass is 9.99. The average molecular weight is 365 g/mol. The van der Waals surface area contributed by atoms with Crippen LogP contribution >= 0.6 is 0 Å². The molecule has 0 aliphatic carbocycles. The highest BCUT2D eigenvalue weighted by atomic mass is 16.2. The number of carbonyl (C=O) groups is 1. The van der Waals surface area contributed by atoms with E-state index in [9.17, 15) is 4.79 Å². The predicted molar refractivity (Wildman–Crippen MR) is 113 cm³/mol. The van der Waals surface area contributed by atoms with Crippen LogP contribution in [0.4, 0.5) is 5.69 Å². The van der Waals surface area contributed by atoms with Gasteiger partial charge in [-0.3, -0.25) is 4.79 Å². The number of carbonyl (C=O) groups excluding carboxylic acids is 1. The van der Waals surface area contributed by atoms with Crippen LogP contribution < -0.4 is 4.90 Å². The largest absolute Gasteiger partial charge is 0.309 e. The molecule has 144 valence electrons. The Labute approximate surface area is 164 Å². The quantitative estimate of drug-likeness (QED) is 0.702. The van der Waals surface area contributed by atoms with Gasteiger partial charge in [-0.25, -0.2) is 0 Å². The first-order valence-corrected chi connectivity index (χ1v) is 10.3. The van der Waals surface area contributed by atoms with Crippen molar-refractivity contribution in [1.29, 1.82) is 0 Å². The number of para-hydroxylation sites is 1. The van der Waals surface area contributed by atoms with Crippen molar-refractivity contribution in [2.75, 3.05) is 24.5 Å². The lowest BCUT2D eigenvalue weighted by molar-refractivity contribution is -0.119. The van der Waals surface area contributed by atoms with Crippen LogP contribution in [-0.2, 0) is 11.2 Å². The maximum atomic E-state index is 12.9. The number of hydrogen-bond donors (Lipinski definition) is 0. The van der Waals surface area contributed by atoms with E-state index in [2.05, 4.69) is 66.1 Å². The number of nitrogens with zero attached hydrogens (tertiary/aromatic N) is 2. The molecule has 1 aliphatic heterocycles. The van der Waals surface area contributed by atoms with Gasteiger partial charge in [-0.05, 0) is 49.8 Å². The van der Waals surface area contributed by atoms with Crippen molar-refractivity contribution >= 4 is 11.6 Å². The Morgan fingerprint density at radius 2 is 1.70 bits per heavy atom. The fourth-order valence-electron chi connectivity index (χ4n) is 4.04. The number of aryl methyl sites for hydroxylation is 1. The van der Waals surface area contributed by atoms with Gasteiger partial charge in [0, 0.05) is 37.8 Å². The smallest absolute Gasteiger partial charge is 0.227 e. The highest BCUT2D eigenvalue weighted by molar-refractivity contribution is 5.94. The third kappa shape index (κ3) is 5.20. The lowest BCUT2D eigenvalue weighted by Gasteiger charge is -2.39. The van der Waals surface area contributed by atoms with Gasteiger partial charge in [0.25, 0.3) is 0 Å². The van der Waals surface area contributed by atoms with Crippen LogP contribution in [0.15, 0.2) is 54.6 Å². The number of anilines is 1. The van der Waals surface area contributed by atoms with Gasteiger partial charge >= 0.3 is 0 Å². The van der Waals surface area contributed by atoms with Crippen LogP contribution in [0.25, 0.3) is 0 Å². The van der Waals surface area contributed by atoms with Crippen molar-refractivity contribution in [3.8, 4) is 0 Å². The number of rotatable bonds is 7. The molecule has 0 atom stereocenters. The van der Waals surface area contributed by atoms with E-state index in [4.69, 9.17) is 0 Å². The zero-order valence-corrected chi connectivity index (χ0v) is 16.7. The molecule has 0 unspecified atom stereocenters. The molecule has 1 heterocycles. The average Bonchev–Trinajstić information content (AvgIpc) is 2.70. The third-order valence-corrected chi connectivity index (χ3v) is 5.59. The van der Waals surface area contributed by atoms with Crippen molar-refractivity contribution < 1.29 is 4.79 Å². The van der Waals surface area contributed by atoms with Crippen molar-refractivity contribution in [3.63, 3.8) is 0 Å². The van der Waals surface area contributed by atoms with Gasteiger partial charge in [-0.2, -0.15) is 0 Å². The summed E-state index contributed by atoms with van der Waals surface area (Å²) in [6.07, 6.45) is 4.73.